The summed E-state index contributed by atoms with van der Waals surface area (Å²) in [5, 5.41) is 2.81. The lowest BCUT2D eigenvalue weighted by Gasteiger charge is -2.23. The summed E-state index contributed by atoms with van der Waals surface area (Å²) in [6.07, 6.45) is 1.58. The second-order valence-corrected chi connectivity index (χ2v) is 6.57. The number of benzene rings is 2. The van der Waals surface area contributed by atoms with E-state index in [0.717, 1.165) is 11.6 Å². The van der Waals surface area contributed by atoms with Gasteiger partial charge in [-0.2, -0.15) is 0 Å². The average Bonchev–Trinajstić information content (AvgIpc) is 3.25. The first-order valence-corrected chi connectivity index (χ1v) is 8.71. The summed E-state index contributed by atoms with van der Waals surface area (Å²) in [4.78, 5) is 27.0. The fourth-order valence-electron chi connectivity index (χ4n) is 3.18. The number of hydrogen-bond donors (Lipinski definition) is 1. The second-order valence-electron chi connectivity index (χ2n) is 6.16. The van der Waals surface area contributed by atoms with Gasteiger partial charge in [0.15, 0.2) is 6.04 Å². The Balaban J connectivity index is 1.65. The quantitative estimate of drug-likeness (QED) is 0.736. The molecular formula is C20H15ClFN3O2. The molecule has 1 atom stereocenters. The molecular weight excluding hydrogens is 369 g/mol. The van der Waals surface area contributed by atoms with Crippen LogP contribution in [0, 0.1) is 5.82 Å². The predicted octanol–water partition coefficient (Wildman–Crippen LogP) is 4.13. The SMILES string of the molecule is O=C(NCc1ccccc1)C1c2cccn2C(=O)N1c1ccc(Cl)c(F)c1. The van der Waals surface area contributed by atoms with Gasteiger partial charge in [0.1, 0.15) is 5.82 Å². The van der Waals surface area contributed by atoms with Crippen LogP contribution < -0.4 is 10.2 Å². The highest BCUT2D eigenvalue weighted by Gasteiger charge is 2.42. The molecule has 0 bridgehead atoms. The van der Waals surface area contributed by atoms with E-state index in [4.69, 9.17) is 11.6 Å². The molecule has 1 aliphatic rings. The number of fused-ring (bicyclic) bond motifs is 1. The third-order valence-corrected chi connectivity index (χ3v) is 4.78. The molecule has 0 spiro atoms. The third kappa shape index (κ3) is 3.08. The number of aromatic nitrogens is 1. The van der Waals surface area contributed by atoms with Crippen LogP contribution in [0.3, 0.4) is 0 Å². The summed E-state index contributed by atoms with van der Waals surface area (Å²) in [7, 11) is 0. The van der Waals surface area contributed by atoms with Crippen LogP contribution >= 0.6 is 11.6 Å². The average molecular weight is 384 g/mol. The summed E-state index contributed by atoms with van der Waals surface area (Å²) in [5.74, 6) is -0.998. The number of nitrogens with zero attached hydrogens (tertiary/aromatic N) is 2. The van der Waals surface area contributed by atoms with Crippen LogP contribution in [-0.4, -0.2) is 16.5 Å². The number of carbonyl (C=O) groups excluding carboxylic acids is 2. The zero-order chi connectivity index (χ0) is 19.0. The molecule has 1 unspecified atom stereocenters. The molecule has 2 amide bonds. The maximum absolute atomic E-state index is 13.9. The monoisotopic (exact) mass is 383 g/mol. The predicted molar refractivity (Wildman–Crippen MR) is 100 cm³/mol. The van der Waals surface area contributed by atoms with Gasteiger partial charge in [-0.3, -0.25) is 14.3 Å². The van der Waals surface area contributed by atoms with Gasteiger partial charge in [0, 0.05) is 18.4 Å². The maximum atomic E-state index is 13.9. The Morgan fingerprint density at radius 3 is 2.63 bits per heavy atom. The van der Waals surface area contributed by atoms with Crippen LogP contribution in [0.2, 0.25) is 5.02 Å². The van der Waals surface area contributed by atoms with Crippen molar-refractivity contribution in [2.75, 3.05) is 4.90 Å². The molecule has 4 rings (SSSR count). The molecule has 1 N–H and O–H groups in total. The fourth-order valence-corrected chi connectivity index (χ4v) is 3.30. The van der Waals surface area contributed by atoms with Crippen molar-refractivity contribution in [2.45, 2.75) is 12.6 Å². The Bertz CT molecular complexity index is 1020. The van der Waals surface area contributed by atoms with Crippen molar-refractivity contribution in [3.05, 3.63) is 89.0 Å². The van der Waals surface area contributed by atoms with Gasteiger partial charge in [-0.05, 0) is 35.9 Å². The first-order valence-electron chi connectivity index (χ1n) is 8.34. The van der Waals surface area contributed by atoms with E-state index in [2.05, 4.69) is 5.32 Å². The number of hydrogen-bond acceptors (Lipinski definition) is 2. The van der Waals surface area contributed by atoms with Gasteiger partial charge >= 0.3 is 6.03 Å². The van der Waals surface area contributed by atoms with E-state index < -0.39 is 17.9 Å². The van der Waals surface area contributed by atoms with E-state index in [1.54, 1.807) is 18.3 Å². The van der Waals surface area contributed by atoms with E-state index in [1.807, 2.05) is 30.3 Å². The molecule has 136 valence electrons. The summed E-state index contributed by atoms with van der Waals surface area (Å²) in [6, 6.07) is 15.6. The molecule has 1 aromatic heterocycles. The van der Waals surface area contributed by atoms with Gasteiger partial charge < -0.3 is 5.32 Å². The van der Waals surface area contributed by atoms with Crippen LogP contribution in [0.5, 0.6) is 0 Å². The standard InChI is InChI=1S/C20H15ClFN3O2/c21-15-9-8-14(11-16(15)22)25-18(17-7-4-10-24(17)20(25)27)19(26)23-12-13-5-2-1-3-6-13/h1-11,18H,12H2,(H,23,26). The van der Waals surface area contributed by atoms with Crippen LogP contribution in [-0.2, 0) is 11.3 Å². The molecule has 3 aromatic rings. The molecule has 0 fully saturated rings. The first kappa shape index (κ1) is 17.3. The van der Waals surface area contributed by atoms with E-state index in [9.17, 15) is 14.0 Å². The Morgan fingerprint density at radius 1 is 1.11 bits per heavy atom. The Morgan fingerprint density at radius 2 is 1.89 bits per heavy atom. The van der Waals surface area contributed by atoms with Crippen molar-refractivity contribution >= 4 is 29.2 Å². The van der Waals surface area contributed by atoms with Crippen molar-refractivity contribution < 1.29 is 14.0 Å². The lowest BCUT2D eigenvalue weighted by molar-refractivity contribution is -0.122. The molecule has 2 aromatic carbocycles. The minimum Gasteiger partial charge on any atom is -0.350 e. The van der Waals surface area contributed by atoms with Gasteiger partial charge in [-0.25, -0.2) is 9.18 Å². The van der Waals surface area contributed by atoms with E-state index in [0.29, 0.717) is 12.2 Å². The van der Waals surface area contributed by atoms with Gasteiger partial charge in [0.25, 0.3) is 0 Å². The molecule has 7 heteroatoms. The number of rotatable bonds is 4. The van der Waals surface area contributed by atoms with Crippen molar-refractivity contribution in [1.29, 1.82) is 0 Å². The smallest absolute Gasteiger partial charge is 0.333 e. The topological polar surface area (TPSA) is 54.3 Å². The fraction of sp³-hybridized carbons (Fsp3) is 0.100. The van der Waals surface area contributed by atoms with Crippen molar-refractivity contribution in [3.8, 4) is 0 Å². The first-order chi connectivity index (χ1) is 13.1. The number of amides is 2. The summed E-state index contributed by atoms with van der Waals surface area (Å²) >= 11 is 5.75. The summed E-state index contributed by atoms with van der Waals surface area (Å²) in [6.45, 7) is 0.327. The largest absolute Gasteiger partial charge is 0.350 e. The third-order valence-electron chi connectivity index (χ3n) is 4.47. The van der Waals surface area contributed by atoms with Crippen LogP contribution in [0.25, 0.3) is 0 Å². The number of anilines is 1. The molecule has 0 saturated carbocycles. The second kappa shape index (κ2) is 6.89. The summed E-state index contributed by atoms with van der Waals surface area (Å²) < 4.78 is 15.3. The van der Waals surface area contributed by atoms with Crippen LogP contribution in [0.1, 0.15) is 17.3 Å². The molecule has 0 aliphatic carbocycles. The number of halogens is 2. The normalized spacial score (nSPS) is 15.7. The highest BCUT2D eigenvalue weighted by atomic mass is 35.5. The molecule has 0 radical (unpaired) electrons. The lowest BCUT2D eigenvalue weighted by atomic mass is 10.1. The molecule has 0 saturated heterocycles. The Labute approximate surface area is 160 Å². The lowest BCUT2D eigenvalue weighted by Crippen LogP contribution is -2.39. The number of carbonyl (C=O) groups is 2. The van der Waals surface area contributed by atoms with Crippen LogP contribution in [0.4, 0.5) is 14.9 Å². The Hall–Kier alpha value is -3.12. The van der Waals surface area contributed by atoms with Gasteiger partial charge in [0.2, 0.25) is 5.91 Å². The maximum Gasteiger partial charge on any atom is 0.333 e. The van der Waals surface area contributed by atoms with Crippen molar-refractivity contribution in [2.24, 2.45) is 0 Å². The minimum absolute atomic E-state index is 0.0462. The number of nitrogens with one attached hydrogen (secondary N) is 1. The zero-order valence-corrected chi connectivity index (χ0v) is 14.9. The highest BCUT2D eigenvalue weighted by molar-refractivity contribution is 6.30. The van der Waals surface area contributed by atoms with Crippen molar-refractivity contribution in [1.82, 2.24) is 9.88 Å². The van der Waals surface area contributed by atoms with Gasteiger partial charge in [-0.1, -0.05) is 41.9 Å². The molecule has 1 aliphatic heterocycles. The van der Waals surface area contributed by atoms with E-state index >= 15 is 0 Å². The van der Waals surface area contributed by atoms with Gasteiger partial charge in [-0.15, -0.1) is 0 Å². The van der Waals surface area contributed by atoms with Crippen LogP contribution in [0.15, 0.2) is 66.9 Å². The van der Waals surface area contributed by atoms with Gasteiger partial charge in [0.05, 0.1) is 10.7 Å². The summed E-state index contributed by atoms with van der Waals surface area (Å²) in [5.41, 5.74) is 1.74. The molecule has 2 heterocycles. The van der Waals surface area contributed by atoms with E-state index in [-0.39, 0.29) is 16.6 Å². The molecule has 27 heavy (non-hydrogen) atoms. The minimum atomic E-state index is -0.892. The van der Waals surface area contributed by atoms with Crippen molar-refractivity contribution in [3.63, 3.8) is 0 Å². The molecule has 5 nitrogen and oxygen atoms in total. The Kier molecular flexibility index (Phi) is 4.41. The zero-order valence-electron chi connectivity index (χ0n) is 14.1. The highest BCUT2D eigenvalue weighted by Crippen LogP contribution is 2.35. The van der Waals surface area contributed by atoms with E-state index in [1.165, 1.54) is 21.6 Å².